The van der Waals surface area contributed by atoms with Crippen LogP contribution in [0, 0.1) is 5.82 Å². The van der Waals surface area contributed by atoms with E-state index >= 15 is 0 Å². The summed E-state index contributed by atoms with van der Waals surface area (Å²) in [5, 5.41) is 4.92. The van der Waals surface area contributed by atoms with Crippen molar-refractivity contribution in [3.63, 3.8) is 0 Å². The zero-order valence-electron chi connectivity index (χ0n) is 16.1. The second-order valence-corrected chi connectivity index (χ2v) is 7.03. The van der Waals surface area contributed by atoms with Gasteiger partial charge >= 0.3 is 0 Å². The summed E-state index contributed by atoms with van der Waals surface area (Å²) in [7, 11) is 3.10. The van der Waals surface area contributed by atoms with E-state index < -0.39 is 11.7 Å². The van der Waals surface area contributed by atoms with Crippen LogP contribution in [0.3, 0.4) is 0 Å². The number of thiazole rings is 1. The van der Waals surface area contributed by atoms with Crippen molar-refractivity contribution in [2.45, 2.75) is 0 Å². The fraction of sp³-hybridized carbons (Fsp3) is 0.0952. The Labute approximate surface area is 175 Å². The number of para-hydroxylation sites is 1. The van der Waals surface area contributed by atoms with Gasteiger partial charge in [0.1, 0.15) is 16.5 Å². The monoisotopic (exact) mass is 424 g/mol. The van der Waals surface area contributed by atoms with Gasteiger partial charge in [-0.15, -0.1) is 11.3 Å². The van der Waals surface area contributed by atoms with E-state index in [4.69, 9.17) is 9.47 Å². The van der Waals surface area contributed by atoms with Gasteiger partial charge in [-0.3, -0.25) is 4.79 Å². The average Bonchev–Trinajstić information content (AvgIpc) is 3.45. The van der Waals surface area contributed by atoms with Gasteiger partial charge in [0.2, 0.25) is 0 Å². The lowest BCUT2D eigenvalue weighted by atomic mass is 10.2. The number of halogens is 1. The molecule has 0 aliphatic carbocycles. The van der Waals surface area contributed by atoms with Crippen molar-refractivity contribution in [2.24, 2.45) is 0 Å². The predicted octanol–water partition coefficient (Wildman–Crippen LogP) is 4.40. The number of hydrogen-bond donors (Lipinski definition) is 1. The van der Waals surface area contributed by atoms with E-state index in [2.05, 4.69) is 15.3 Å². The molecule has 4 aromatic rings. The van der Waals surface area contributed by atoms with E-state index in [0.29, 0.717) is 27.9 Å². The maximum absolute atomic E-state index is 14.4. The molecule has 1 N–H and O–H groups in total. The number of carbonyl (C=O) groups excluding carboxylic acids is 1. The number of hydrogen-bond acceptors (Lipinski definition) is 6. The van der Waals surface area contributed by atoms with Crippen LogP contribution in [-0.4, -0.2) is 34.7 Å². The van der Waals surface area contributed by atoms with Gasteiger partial charge in [0.05, 0.1) is 31.8 Å². The number of rotatable bonds is 6. The maximum atomic E-state index is 14.4. The summed E-state index contributed by atoms with van der Waals surface area (Å²) in [5.41, 5.74) is 1.61. The van der Waals surface area contributed by atoms with Crippen LogP contribution >= 0.6 is 11.3 Å². The molecular formula is C21H17FN4O3S. The number of ether oxygens (including phenoxy) is 2. The van der Waals surface area contributed by atoms with Crippen molar-refractivity contribution in [1.29, 1.82) is 0 Å². The number of methoxy groups -OCH3 is 2. The van der Waals surface area contributed by atoms with Gasteiger partial charge < -0.3 is 19.4 Å². The molecule has 9 heteroatoms. The van der Waals surface area contributed by atoms with Crippen LogP contribution in [0.4, 0.5) is 10.1 Å². The zero-order valence-corrected chi connectivity index (χ0v) is 16.9. The standard InChI is InChI=1S/C21H17FN4O3S/c1-28-18-5-3-4-14(19(18)29-2)21-25-16(11-30-21)20(27)24-13-6-7-17(15(22)10-13)26-9-8-23-12-26/h3-12H,1-2H3,(H,24,27). The Hall–Kier alpha value is -3.72. The Balaban J connectivity index is 1.55. The zero-order chi connectivity index (χ0) is 21.1. The molecule has 0 spiro atoms. The molecule has 0 fully saturated rings. The molecule has 4 rings (SSSR count). The minimum Gasteiger partial charge on any atom is -0.493 e. The van der Waals surface area contributed by atoms with Crippen LogP contribution in [0.2, 0.25) is 0 Å². The molecule has 2 aromatic carbocycles. The normalized spacial score (nSPS) is 10.6. The minimum atomic E-state index is -0.481. The van der Waals surface area contributed by atoms with Gasteiger partial charge in [0.25, 0.3) is 5.91 Å². The molecule has 0 radical (unpaired) electrons. The third-order valence-electron chi connectivity index (χ3n) is 4.36. The number of anilines is 1. The molecule has 0 aliphatic rings. The summed E-state index contributed by atoms with van der Waals surface area (Å²) in [6.07, 6.45) is 4.70. The first-order chi connectivity index (χ1) is 14.6. The van der Waals surface area contributed by atoms with E-state index in [0.717, 1.165) is 5.56 Å². The highest BCUT2D eigenvalue weighted by Gasteiger charge is 2.17. The number of nitrogens with one attached hydrogen (secondary N) is 1. The summed E-state index contributed by atoms with van der Waals surface area (Å²) < 4.78 is 26.7. The second-order valence-electron chi connectivity index (χ2n) is 6.17. The van der Waals surface area contributed by atoms with Crippen LogP contribution < -0.4 is 14.8 Å². The first kappa shape index (κ1) is 19.6. The van der Waals surface area contributed by atoms with Gasteiger partial charge in [0, 0.05) is 23.5 Å². The molecule has 2 heterocycles. The molecule has 0 atom stereocenters. The Morgan fingerprint density at radius 1 is 1.20 bits per heavy atom. The fourth-order valence-corrected chi connectivity index (χ4v) is 3.77. The lowest BCUT2D eigenvalue weighted by molar-refractivity contribution is 0.102. The molecule has 0 saturated heterocycles. The van der Waals surface area contributed by atoms with Crippen molar-refractivity contribution in [2.75, 3.05) is 19.5 Å². The van der Waals surface area contributed by atoms with Gasteiger partial charge in [-0.2, -0.15) is 0 Å². The number of aromatic nitrogens is 3. The topological polar surface area (TPSA) is 78.3 Å². The Morgan fingerprint density at radius 3 is 2.77 bits per heavy atom. The molecule has 2 aromatic heterocycles. The largest absolute Gasteiger partial charge is 0.493 e. The van der Waals surface area contributed by atoms with E-state index in [-0.39, 0.29) is 5.69 Å². The second kappa shape index (κ2) is 8.34. The quantitative estimate of drug-likeness (QED) is 0.496. The molecule has 0 unspecified atom stereocenters. The van der Waals surface area contributed by atoms with Gasteiger partial charge in [-0.05, 0) is 30.3 Å². The van der Waals surface area contributed by atoms with Gasteiger partial charge in [-0.1, -0.05) is 6.07 Å². The van der Waals surface area contributed by atoms with Crippen LogP contribution in [0.1, 0.15) is 10.5 Å². The first-order valence-corrected chi connectivity index (χ1v) is 9.75. The van der Waals surface area contributed by atoms with Crippen LogP contribution in [0.25, 0.3) is 16.3 Å². The van der Waals surface area contributed by atoms with E-state index in [1.165, 1.54) is 23.7 Å². The summed E-state index contributed by atoms with van der Waals surface area (Å²) in [5.74, 6) is 0.197. The van der Waals surface area contributed by atoms with Crippen molar-refractivity contribution in [3.05, 3.63) is 72.0 Å². The van der Waals surface area contributed by atoms with Gasteiger partial charge in [-0.25, -0.2) is 14.4 Å². The molecule has 30 heavy (non-hydrogen) atoms. The van der Waals surface area contributed by atoms with E-state index in [9.17, 15) is 9.18 Å². The number of benzene rings is 2. The van der Waals surface area contributed by atoms with Crippen LogP contribution in [0.5, 0.6) is 11.5 Å². The summed E-state index contributed by atoms with van der Waals surface area (Å²) in [4.78, 5) is 20.9. The van der Waals surface area contributed by atoms with Crippen LogP contribution in [-0.2, 0) is 0 Å². The van der Waals surface area contributed by atoms with Crippen molar-refractivity contribution in [3.8, 4) is 27.8 Å². The third-order valence-corrected chi connectivity index (χ3v) is 5.23. The number of imidazole rings is 1. The first-order valence-electron chi connectivity index (χ1n) is 8.87. The van der Waals surface area contributed by atoms with E-state index in [1.54, 1.807) is 54.8 Å². The molecule has 0 saturated carbocycles. The highest BCUT2D eigenvalue weighted by molar-refractivity contribution is 7.13. The Bertz CT molecular complexity index is 1190. The minimum absolute atomic E-state index is 0.221. The predicted molar refractivity (Wildman–Crippen MR) is 112 cm³/mol. The lowest BCUT2D eigenvalue weighted by Gasteiger charge is -2.10. The fourth-order valence-electron chi connectivity index (χ4n) is 2.95. The summed E-state index contributed by atoms with van der Waals surface area (Å²) >= 11 is 1.30. The Morgan fingerprint density at radius 2 is 2.07 bits per heavy atom. The molecule has 1 amide bonds. The number of nitrogens with zero attached hydrogens (tertiary/aromatic N) is 3. The maximum Gasteiger partial charge on any atom is 0.275 e. The smallest absolute Gasteiger partial charge is 0.275 e. The third kappa shape index (κ3) is 3.74. The van der Waals surface area contributed by atoms with Gasteiger partial charge in [0.15, 0.2) is 11.5 Å². The number of carbonyl (C=O) groups is 1. The SMILES string of the molecule is COc1cccc(-c2nc(C(=O)Nc3ccc(-n4ccnc4)c(F)c3)cs2)c1OC. The molecule has 152 valence electrons. The highest BCUT2D eigenvalue weighted by Crippen LogP contribution is 2.39. The molecule has 7 nitrogen and oxygen atoms in total. The molecule has 0 aliphatic heterocycles. The van der Waals surface area contributed by atoms with Crippen molar-refractivity contribution < 1.29 is 18.7 Å². The van der Waals surface area contributed by atoms with Crippen LogP contribution in [0.15, 0.2) is 60.5 Å². The average molecular weight is 424 g/mol. The summed E-state index contributed by atoms with van der Waals surface area (Å²) in [6, 6.07) is 9.89. The lowest BCUT2D eigenvalue weighted by Crippen LogP contribution is -2.12. The molecular weight excluding hydrogens is 407 g/mol. The van der Waals surface area contributed by atoms with E-state index in [1.807, 2.05) is 12.1 Å². The summed E-state index contributed by atoms with van der Waals surface area (Å²) in [6.45, 7) is 0. The Kier molecular flexibility index (Phi) is 5.44. The highest BCUT2D eigenvalue weighted by atomic mass is 32.1. The van der Waals surface area contributed by atoms with Crippen molar-refractivity contribution >= 4 is 22.9 Å². The molecule has 0 bridgehead atoms. The number of amides is 1. The van der Waals surface area contributed by atoms with Crippen molar-refractivity contribution in [1.82, 2.24) is 14.5 Å².